The summed E-state index contributed by atoms with van der Waals surface area (Å²) < 4.78 is 0. The van der Waals surface area contributed by atoms with Crippen molar-refractivity contribution in [2.24, 2.45) is 0 Å². The Bertz CT molecular complexity index is 944. The van der Waals surface area contributed by atoms with Crippen LogP contribution in [0.3, 0.4) is 0 Å². The standard InChI is InChI=1S/C23H24N2O/c1-17-8-3-4-10-20(17)16-24-14-15-25(23(26)18(24)2)22-13-7-11-19-9-5-6-12-21(19)22/h3-13,18H,14-16H2,1-2H3. The van der Waals surface area contributed by atoms with E-state index in [1.165, 1.54) is 16.5 Å². The maximum atomic E-state index is 13.1. The first-order valence-corrected chi connectivity index (χ1v) is 9.23. The first-order valence-electron chi connectivity index (χ1n) is 9.23. The lowest BCUT2D eigenvalue weighted by atomic mass is 10.0. The highest BCUT2D eigenvalue weighted by atomic mass is 16.2. The summed E-state index contributed by atoms with van der Waals surface area (Å²) in [5.74, 6) is 0.182. The highest BCUT2D eigenvalue weighted by molar-refractivity contribution is 6.05. The molecule has 0 spiro atoms. The van der Waals surface area contributed by atoms with E-state index in [2.05, 4.69) is 60.4 Å². The van der Waals surface area contributed by atoms with E-state index in [1.54, 1.807) is 0 Å². The molecular weight excluding hydrogens is 320 g/mol. The van der Waals surface area contributed by atoms with Gasteiger partial charge in [-0.1, -0.05) is 60.7 Å². The number of hydrogen-bond acceptors (Lipinski definition) is 2. The van der Waals surface area contributed by atoms with Gasteiger partial charge < -0.3 is 4.90 Å². The molecule has 0 bridgehead atoms. The second kappa shape index (κ2) is 6.93. The summed E-state index contributed by atoms with van der Waals surface area (Å²) in [6, 6.07) is 22.8. The van der Waals surface area contributed by atoms with Gasteiger partial charge in [-0.3, -0.25) is 9.69 Å². The van der Waals surface area contributed by atoms with Crippen molar-refractivity contribution < 1.29 is 4.79 Å². The van der Waals surface area contributed by atoms with Gasteiger partial charge >= 0.3 is 0 Å². The summed E-state index contributed by atoms with van der Waals surface area (Å²) in [5.41, 5.74) is 3.60. The highest BCUT2D eigenvalue weighted by Gasteiger charge is 2.32. The predicted octanol–water partition coefficient (Wildman–Crippen LogP) is 4.39. The first kappa shape index (κ1) is 16.8. The topological polar surface area (TPSA) is 23.6 Å². The Morgan fingerprint density at radius 2 is 1.65 bits per heavy atom. The van der Waals surface area contributed by atoms with Gasteiger partial charge in [-0.05, 0) is 36.4 Å². The maximum absolute atomic E-state index is 13.1. The molecule has 3 aromatic carbocycles. The van der Waals surface area contributed by atoms with Crippen LogP contribution in [0.2, 0.25) is 0 Å². The Balaban J connectivity index is 1.59. The third-order valence-electron chi connectivity index (χ3n) is 5.47. The molecule has 0 aromatic heterocycles. The number of rotatable bonds is 3. The summed E-state index contributed by atoms with van der Waals surface area (Å²) in [6.07, 6.45) is 0. The Kier molecular flexibility index (Phi) is 4.48. The van der Waals surface area contributed by atoms with Gasteiger partial charge in [0.15, 0.2) is 0 Å². The largest absolute Gasteiger partial charge is 0.309 e. The number of carbonyl (C=O) groups is 1. The smallest absolute Gasteiger partial charge is 0.244 e. The molecule has 1 amide bonds. The average molecular weight is 344 g/mol. The number of amides is 1. The Morgan fingerprint density at radius 1 is 0.923 bits per heavy atom. The number of fused-ring (bicyclic) bond motifs is 1. The summed E-state index contributed by atoms with van der Waals surface area (Å²) in [4.78, 5) is 17.4. The number of carbonyl (C=O) groups excluding carboxylic acids is 1. The molecule has 1 fully saturated rings. The molecule has 0 saturated carbocycles. The van der Waals surface area contributed by atoms with Crippen LogP contribution >= 0.6 is 0 Å². The fourth-order valence-corrected chi connectivity index (χ4v) is 3.82. The number of nitrogens with zero attached hydrogens (tertiary/aromatic N) is 2. The molecule has 0 radical (unpaired) electrons. The minimum atomic E-state index is -0.123. The average Bonchev–Trinajstić information content (AvgIpc) is 2.67. The number of anilines is 1. The number of benzene rings is 3. The number of piperazine rings is 1. The molecule has 0 N–H and O–H groups in total. The lowest BCUT2D eigenvalue weighted by Gasteiger charge is -2.39. The summed E-state index contributed by atoms with van der Waals surface area (Å²) in [6.45, 7) is 6.59. The number of hydrogen-bond donors (Lipinski definition) is 0. The Morgan fingerprint density at radius 3 is 2.50 bits per heavy atom. The molecule has 3 heteroatoms. The zero-order valence-electron chi connectivity index (χ0n) is 15.4. The van der Waals surface area contributed by atoms with Gasteiger partial charge in [0.05, 0.1) is 11.7 Å². The van der Waals surface area contributed by atoms with E-state index in [-0.39, 0.29) is 11.9 Å². The fourth-order valence-electron chi connectivity index (χ4n) is 3.82. The number of aryl methyl sites for hydroxylation is 1. The molecule has 3 aromatic rings. The SMILES string of the molecule is Cc1ccccc1CN1CCN(c2cccc3ccccc23)C(=O)C1C. The molecule has 1 atom stereocenters. The molecule has 26 heavy (non-hydrogen) atoms. The van der Waals surface area contributed by atoms with Crippen LogP contribution in [0.15, 0.2) is 66.7 Å². The Hall–Kier alpha value is -2.65. The van der Waals surface area contributed by atoms with Crippen LogP contribution in [0.5, 0.6) is 0 Å². The van der Waals surface area contributed by atoms with Crippen molar-refractivity contribution in [3.05, 3.63) is 77.9 Å². The van der Waals surface area contributed by atoms with Gasteiger partial charge in [-0.15, -0.1) is 0 Å². The third-order valence-corrected chi connectivity index (χ3v) is 5.47. The molecule has 4 rings (SSSR count). The van der Waals surface area contributed by atoms with Gasteiger partial charge in [-0.2, -0.15) is 0 Å². The minimum absolute atomic E-state index is 0.123. The van der Waals surface area contributed by atoms with Gasteiger partial charge in [0.2, 0.25) is 5.91 Å². The van der Waals surface area contributed by atoms with Crippen molar-refractivity contribution in [2.75, 3.05) is 18.0 Å². The highest BCUT2D eigenvalue weighted by Crippen LogP contribution is 2.29. The first-order chi connectivity index (χ1) is 12.6. The van der Waals surface area contributed by atoms with Crippen molar-refractivity contribution >= 4 is 22.4 Å². The molecule has 3 nitrogen and oxygen atoms in total. The maximum Gasteiger partial charge on any atom is 0.244 e. The van der Waals surface area contributed by atoms with E-state index in [1.807, 2.05) is 30.0 Å². The van der Waals surface area contributed by atoms with Crippen LogP contribution < -0.4 is 4.90 Å². The van der Waals surface area contributed by atoms with Crippen LogP contribution in [0.1, 0.15) is 18.1 Å². The monoisotopic (exact) mass is 344 g/mol. The molecule has 1 unspecified atom stereocenters. The second-order valence-electron chi connectivity index (χ2n) is 7.06. The van der Waals surface area contributed by atoms with Crippen molar-refractivity contribution in [2.45, 2.75) is 26.4 Å². The van der Waals surface area contributed by atoms with Crippen LogP contribution in [0.4, 0.5) is 5.69 Å². The normalized spacial score (nSPS) is 18.5. The summed E-state index contributed by atoms with van der Waals surface area (Å²) in [5, 5.41) is 2.32. The van der Waals surface area contributed by atoms with Crippen molar-refractivity contribution in [3.63, 3.8) is 0 Å². The molecule has 1 saturated heterocycles. The van der Waals surface area contributed by atoms with E-state index in [4.69, 9.17) is 0 Å². The molecule has 1 heterocycles. The van der Waals surface area contributed by atoms with Crippen molar-refractivity contribution in [1.82, 2.24) is 4.90 Å². The zero-order valence-corrected chi connectivity index (χ0v) is 15.4. The molecule has 132 valence electrons. The minimum Gasteiger partial charge on any atom is -0.309 e. The van der Waals surface area contributed by atoms with Gasteiger partial charge in [0.25, 0.3) is 0 Å². The van der Waals surface area contributed by atoms with E-state index in [0.717, 1.165) is 30.7 Å². The van der Waals surface area contributed by atoms with Gasteiger partial charge in [0.1, 0.15) is 0 Å². The van der Waals surface area contributed by atoms with Gasteiger partial charge in [0, 0.05) is 25.0 Å². The quantitative estimate of drug-likeness (QED) is 0.704. The second-order valence-corrected chi connectivity index (χ2v) is 7.06. The third kappa shape index (κ3) is 2.99. The fraction of sp³-hybridized carbons (Fsp3) is 0.261. The summed E-state index contributed by atoms with van der Waals surface area (Å²) >= 11 is 0. The summed E-state index contributed by atoms with van der Waals surface area (Å²) in [7, 11) is 0. The van der Waals surface area contributed by atoms with E-state index in [0.29, 0.717) is 0 Å². The lowest BCUT2D eigenvalue weighted by Crippen LogP contribution is -2.55. The molecular formula is C23H24N2O. The van der Waals surface area contributed by atoms with E-state index >= 15 is 0 Å². The van der Waals surface area contributed by atoms with Crippen molar-refractivity contribution in [1.29, 1.82) is 0 Å². The van der Waals surface area contributed by atoms with Crippen molar-refractivity contribution in [3.8, 4) is 0 Å². The van der Waals surface area contributed by atoms with Gasteiger partial charge in [-0.25, -0.2) is 0 Å². The van der Waals surface area contributed by atoms with E-state index < -0.39 is 0 Å². The lowest BCUT2D eigenvalue weighted by molar-refractivity contribution is -0.125. The van der Waals surface area contributed by atoms with Crippen LogP contribution in [0, 0.1) is 6.92 Å². The van der Waals surface area contributed by atoms with E-state index in [9.17, 15) is 4.79 Å². The van der Waals surface area contributed by atoms with Crippen LogP contribution in [-0.4, -0.2) is 29.9 Å². The Labute approximate surface area is 154 Å². The molecule has 1 aliphatic rings. The van der Waals surface area contributed by atoms with Crippen LogP contribution in [0.25, 0.3) is 10.8 Å². The predicted molar refractivity (Wildman–Crippen MR) is 107 cm³/mol. The molecule has 0 aliphatic carbocycles. The van der Waals surface area contributed by atoms with Crippen LogP contribution in [-0.2, 0) is 11.3 Å². The molecule has 1 aliphatic heterocycles. The zero-order chi connectivity index (χ0) is 18.1.